The van der Waals surface area contributed by atoms with Crippen LogP contribution in [0.3, 0.4) is 0 Å². The summed E-state index contributed by atoms with van der Waals surface area (Å²) in [6.07, 6.45) is 0. The van der Waals surface area contributed by atoms with Gasteiger partial charge in [-0.1, -0.05) is 18.2 Å². The molecule has 2 rings (SSSR count). The number of aromatic nitrogens is 1. The number of carbonyl (C=O) groups is 1. The average molecular weight is 290 g/mol. The standard InChI is InChI=1S/C15H18N2O2S/c1-11-14(20-10-16-11)9-17(2)8-12-6-4-5-7-13(12)15(18)19-3/h4-7,10H,8-9H2,1-3H3. The highest BCUT2D eigenvalue weighted by Crippen LogP contribution is 2.17. The Morgan fingerprint density at radius 1 is 1.35 bits per heavy atom. The molecule has 1 aromatic carbocycles. The molecular formula is C15H18N2O2S. The molecule has 0 aliphatic carbocycles. The second-order valence-electron chi connectivity index (χ2n) is 4.68. The fourth-order valence-corrected chi connectivity index (χ4v) is 2.89. The summed E-state index contributed by atoms with van der Waals surface area (Å²) in [5, 5.41) is 0. The molecule has 0 unspecified atom stereocenters. The number of ether oxygens (including phenoxy) is 1. The van der Waals surface area contributed by atoms with Crippen LogP contribution in [0.2, 0.25) is 0 Å². The molecule has 0 radical (unpaired) electrons. The Kier molecular flexibility index (Phi) is 4.87. The lowest BCUT2D eigenvalue weighted by molar-refractivity contribution is 0.0598. The first-order valence-corrected chi connectivity index (χ1v) is 7.23. The van der Waals surface area contributed by atoms with Gasteiger partial charge in [0.05, 0.1) is 23.9 Å². The van der Waals surface area contributed by atoms with Gasteiger partial charge in [0.15, 0.2) is 0 Å². The molecule has 0 atom stereocenters. The van der Waals surface area contributed by atoms with Crippen molar-refractivity contribution in [2.24, 2.45) is 0 Å². The van der Waals surface area contributed by atoms with E-state index >= 15 is 0 Å². The lowest BCUT2D eigenvalue weighted by Crippen LogP contribution is -2.19. The van der Waals surface area contributed by atoms with Crippen molar-refractivity contribution >= 4 is 17.3 Å². The highest BCUT2D eigenvalue weighted by molar-refractivity contribution is 7.09. The molecule has 0 fully saturated rings. The van der Waals surface area contributed by atoms with E-state index in [1.54, 1.807) is 17.4 Å². The van der Waals surface area contributed by atoms with Gasteiger partial charge in [-0.15, -0.1) is 11.3 Å². The molecular weight excluding hydrogens is 272 g/mol. The summed E-state index contributed by atoms with van der Waals surface area (Å²) in [6.45, 7) is 3.54. The van der Waals surface area contributed by atoms with E-state index < -0.39 is 0 Å². The average Bonchev–Trinajstić information content (AvgIpc) is 2.84. The smallest absolute Gasteiger partial charge is 0.338 e. The van der Waals surface area contributed by atoms with E-state index in [1.807, 2.05) is 37.7 Å². The number of aryl methyl sites for hydroxylation is 1. The molecule has 0 spiro atoms. The van der Waals surface area contributed by atoms with Gasteiger partial charge in [-0.25, -0.2) is 9.78 Å². The summed E-state index contributed by atoms with van der Waals surface area (Å²) in [6, 6.07) is 7.55. The largest absolute Gasteiger partial charge is 0.465 e. The number of esters is 1. The Bertz CT molecular complexity index is 595. The molecule has 0 saturated carbocycles. The van der Waals surface area contributed by atoms with Crippen LogP contribution in [0.5, 0.6) is 0 Å². The van der Waals surface area contributed by atoms with E-state index in [2.05, 4.69) is 9.88 Å². The second-order valence-corrected chi connectivity index (χ2v) is 5.62. The van der Waals surface area contributed by atoms with E-state index in [1.165, 1.54) is 12.0 Å². The van der Waals surface area contributed by atoms with Crippen molar-refractivity contribution in [3.63, 3.8) is 0 Å². The fraction of sp³-hybridized carbons (Fsp3) is 0.333. The first-order chi connectivity index (χ1) is 9.61. The van der Waals surface area contributed by atoms with Crippen LogP contribution in [0.1, 0.15) is 26.5 Å². The second kappa shape index (κ2) is 6.63. The number of hydrogen-bond acceptors (Lipinski definition) is 5. The van der Waals surface area contributed by atoms with Crippen molar-refractivity contribution in [1.82, 2.24) is 9.88 Å². The van der Waals surface area contributed by atoms with E-state index in [0.717, 1.165) is 17.8 Å². The summed E-state index contributed by atoms with van der Waals surface area (Å²) in [4.78, 5) is 19.4. The van der Waals surface area contributed by atoms with Crippen molar-refractivity contribution in [2.75, 3.05) is 14.2 Å². The topological polar surface area (TPSA) is 42.4 Å². The first kappa shape index (κ1) is 14.7. The highest BCUT2D eigenvalue weighted by Gasteiger charge is 2.13. The van der Waals surface area contributed by atoms with Crippen molar-refractivity contribution in [1.29, 1.82) is 0 Å². The molecule has 1 aromatic heterocycles. The highest BCUT2D eigenvalue weighted by atomic mass is 32.1. The molecule has 2 aromatic rings. The van der Waals surface area contributed by atoms with Gasteiger partial charge in [0.25, 0.3) is 0 Å². The predicted octanol–water partition coefficient (Wildman–Crippen LogP) is 2.87. The van der Waals surface area contributed by atoms with Gasteiger partial charge in [-0.05, 0) is 25.6 Å². The van der Waals surface area contributed by atoms with E-state index in [-0.39, 0.29) is 5.97 Å². The van der Waals surface area contributed by atoms with Crippen LogP contribution in [-0.4, -0.2) is 30.0 Å². The van der Waals surface area contributed by atoms with Crippen molar-refractivity contribution < 1.29 is 9.53 Å². The fourth-order valence-electron chi connectivity index (χ4n) is 2.04. The molecule has 0 N–H and O–H groups in total. The lowest BCUT2D eigenvalue weighted by Gasteiger charge is -2.17. The van der Waals surface area contributed by atoms with Gasteiger partial charge in [0.1, 0.15) is 0 Å². The van der Waals surface area contributed by atoms with Crippen LogP contribution >= 0.6 is 11.3 Å². The molecule has 0 aliphatic heterocycles. The number of carbonyl (C=O) groups excluding carboxylic acids is 1. The SMILES string of the molecule is COC(=O)c1ccccc1CN(C)Cc1scnc1C. The minimum atomic E-state index is -0.289. The summed E-state index contributed by atoms with van der Waals surface area (Å²) < 4.78 is 4.82. The third-order valence-electron chi connectivity index (χ3n) is 3.12. The quantitative estimate of drug-likeness (QED) is 0.794. The third-order valence-corrected chi connectivity index (χ3v) is 4.04. The van der Waals surface area contributed by atoms with Crippen molar-refractivity contribution in [2.45, 2.75) is 20.0 Å². The predicted molar refractivity (Wildman–Crippen MR) is 79.8 cm³/mol. The van der Waals surface area contributed by atoms with E-state index in [9.17, 15) is 4.79 Å². The number of rotatable bonds is 5. The Hall–Kier alpha value is -1.72. The molecule has 0 aliphatic rings. The Balaban J connectivity index is 2.10. The minimum absolute atomic E-state index is 0.289. The van der Waals surface area contributed by atoms with Gasteiger partial charge in [0, 0.05) is 18.0 Å². The van der Waals surface area contributed by atoms with Crippen molar-refractivity contribution in [3.05, 3.63) is 51.5 Å². The van der Waals surface area contributed by atoms with E-state index in [4.69, 9.17) is 4.74 Å². The Morgan fingerprint density at radius 2 is 2.10 bits per heavy atom. The first-order valence-electron chi connectivity index (χ1n) is 6.35. The molecule has 0 bridgehead atoms. The third kappa shape index (κ3) is 3.43. The van der Waals surface area contributed by atoms with Gasteiger partial charge in [0.2, 0.25) is 0 Å². The Morgan fingerprint density at radius 3 is 2.75 bits per heavy atom. The van der Waals surface area contributed by atoms with Gasteiger partial charge in [-0.3, -0.25) is 4.90 Å². The maximum Gasteiger partial charge on any atom is 0.338 e. The molecule has 4 nitrogen and oxygen atoms in total. The van der Waals surface area contributed by atoms with Crippen molar-refractivity contribution in [3.8, 4) is 0 Å². The summed E-state index contributed by atoms with van der Waals surface area (Å²) >= 11 is 1.66. The van der Waals surface area contributed by atoms with Gasteiger partial charge in [-0.2, -0.15) is 0 Å². The number of nitrogens with zero attached hydrogens (tertiary/aromatic N) is 2. The van der Waals surface area contributed by atoms with Gasteiger partial charge >= 0.3 is 5.97 Å². The molecule has 5 heteroatoms. The molecule has 0 amide bonds. The maximum absolute atomic E-state index is 11.7. The van der Waals surface area contributed by atoms with Crippen LogP contribution < -0.4 is 0 Å². The normalized spacial score (nSPS) is 10.8. The maximum atomic E-state index is 11.7. The monoisotopic (exact) mass is 290 g/mol. The lowest BCUT2D eigenvalue weighted by atomic mass is 10.1. The number of thiazole rings is 1. The molecule has 0 saturated heterocycles. The number of benzene rings is 1. The van der Waals surface area contributed by atoms with Crippen LogP contribution in [-0.2, 0) is 17.8 Å². The van der Waals surface area contributed by atoms with Crippen LogP contribution in [0.15, 0.2) is 29.8 Å². The van der Waals surface area contributed by atoms with Gasteiger partial charge < -0.3 is 4.74 Å². The molecule has 1 heterocycles. The summed E-state index contributed by atoms with van der Waals surface area (Å²) in [7, 11) is 3.44. The molecule has 106 valence electrons. The summed E-state index contributed by atoms with van der Waals surface area (Å²) in [5.74, 6) is -0.289. The number of hydrogen-bond donors (Lipinski definition) is 0. The minimum Gasteiger partial charge on any atom is -0.465 e. The zero-order valence-electron chi connectivity index (χ0n) is 11.9. The van der Waals surface area contributed by atoms with E-state index in [0.29, 0.717) is 12.1 Å². The van der Waals surface area contributed by atoms with Crippen LogP contribution in [0, 0.1) is 6.92 Å². The zero-order valence-corrected chi connectivity index (χ0v) is 12.7. The number of methoxy groups -OCH3 is 1. The Labute approximate surface area is 123 Å². The van der Waals surface area contributed by atoms with Crippen LogP contribution in [0.25, 0.3) is 0 Å². The van der Waals surface area contributed by atoms with Crippen LogP contribution in [0.4, 0.5) is 0 Å². The zero-order chi connectivity index (χ0) is 14.5. The molecule has 20 heavy (non-hydrogen) atoms. The summed E-state index contributed by atoms with van der Waals surface area (Å²) in [5.41, 5.74) is 4.54.